The highest BCUT2D eigenvalue weighted by molar-refractivity contribution is 7.91. The molecule has 122 valence electrons. The number of benzene rings is 1. The number of hydrogen-bond acceptors (Lipinski definition) is 4. The van der Waals surface area contributed by atoms with Gasteiger partial charge >= 0.3 is 0 Å². The second kappa shape index (κ2) is 6.22. The summed E-state index contributed by atoms with van der Waals surface area (Å²) in [6.07, 6.45) is 0. The van der Waals surface area contributed by atoms with Crippen molar-refractivity contribution < 1.29 is 17.6 Å². The fourth-order valence-electron chi connectivity index (χ4n) is 2.55. The molecule has 0 saturated carbocycles. The summed E-state index contributed by atoms with van der Waals surface area (Å²) in [5.74, 6) is -1.45. The summed E-state index contributed by atoms with van der Waals surface area (Å²) >= 11 is 7.05. The Kier molecular flexibility index (Phi) is 4.44. The maximum absolute atomic E-state index is 14.0. The molecule has 2 heterocycles. The van der Waals surface area contributed by atoms with E-state index in [-0.39, 0.29) is 29.4 Å². The molecule has 1 amide bonds. The van der Waals surface area contributed by atoms with Gasteiger partial charge in [-0.3, -0.25) is 4.79 Å². The molecule has 2 aromatic rings. The van der Waals surface area contributed by atoms with Crippen LogP contribution in [0.3, 0.4) is 0 Å². The third kappa shape index (κ3) is 3.13. The highest BCUT2D eigenvalue weighted by Gasteiger charge is 2.37. The average Bonchev–Trinajstić information content (AvgIpc) is 3.03. The smallest absolute Gasteiger partial charge is 0.256 e. The lowest BCUT2D eigenvalue weighted by Gasteiger charge is -2.32. The summed E-state index contributed by atoms with van der Waals surface area (Å²) in [4.78, 5) is 14.6. The van der Waals surface area contributed by atoms with E-state index in [9.17, 15) is 17.6 Å². The third-order valence-electron chi connectivity index (χ3n) is 3.80. The van der Waals surface area contributed by atoms with Gasteiger partial charge in [0.25, 0.3) is 5.91 Å². The van der Waals surface area contributed by atoms with E-state index in [0.717, 1.165) is 0 Å². The second-order valence-electron chi connectivity index (χ2n) is 5.22. The summed E-state index contributed by atoms with van der Waals surface area (Å²) < 4.78 is 38.6. The number of halogens is 2. The van der Waals surface area contributed by atoms with Crippen LogP contribution in [-0.2, 0) is 9.84 Å². The number of carbonyl (C=O) groups excluding carboxylic acids is 1. The Bertz CT molecular complexity index is 836. The van der Waals surface area contributed by atoms with Crippen LogP contribution in [0.15, 0.2) is 35.7 Å². The largest absolute Gasteiger partial charge is 0.336 e. The Balaban J connectivity index is 1.90. The number of carbonyl (C=O) groups is 1. The molecule has 8 heteroatoms. The molecular weight excluding hydrogens is 361 g/mol. The molecule has 1 saturated heterocycles. The van der Waals surface area contributed by atoms with E-state index in [1.165, 1.54) is 34.4 Å². The van der Waals surface area contributed by atoms with Crippen molar-refractivity contribution in [1.82, 2.24) is 4.90 Å². The van der Waals surface area contributed by atoms with Crippen LogP contribution in [-0.4, -0.2) is 38.1 Å². The molecule has 1 aliphatic rings. The van der Waals surface area contributed by atoms with Gasteiger partial charge in [-0.15, -0.1) is 11.3 Å². The van der Waals surface area contributed by atoms with Crippen LogP contribution in [0.1, 0.15) is 20.5 Å². The van der Waals surface area contributed by atoms with Crippen molar-refractivity contribution in [2.45, 2.75) is 5.25 Å². The first-order valence-corrected chi connectivity index (χ1v) is 9.86. The average molecular weight is 374 g/mol. The molecule has 0 N–H and O–H groups in total. The Morgan fingerprint density at radius 1 is 1.30 bits per heavy atom. The third-order valence-corrected chi connectivity index (χ3v) is 7.24. The van der Waals surface area contributed by atoms with Crippen molar-refractivity contribution in [2.24, 2.45) is 0 Å². The first-order valence-electron chi connectivity index (χ1n) is 6.88. The molecule has 1 aromatic heterocycles. The van der Waals surface area contributed by atoms with Crippen molar-refractivity contribution in [3.63, 3.8) is 0 Å². The summed E-state index contributed by atoms with van der Waals surface area (Å²) in [7, 11) is -3.32. The fourth-order valence-corrected chi connectivity index (χ4v) is 5.63. The van der Waals surface area contributed by atoms with E-state index in [4.69, 9.17) is 11.6 Å². The van der Waals surface area contributed by atoms with Gasteiger partial charge in [-0.2, -0.15) is 0 Å². The minimum Gasteiger partial charge on any atom is -0.336 e. The molecule has 4 nitrogen and oxygen atoms in total. The van der Waals surface area contributed by atoms with E-state index < -0.39 is 26.8 Å². The molecule has 23 heavy (non-hydrogen) atoms. The van der Waals surface area contributed by atoms with Crippen LogP contribution in [0.2, 0.25) is 5.02 Å². The van der Waals surface area contributed by atoms with Gasteiger partial charge in [0.1, 0.15) is 5.25 Å². The lowest BCUT2D eigenvalue weighted by Crippen LogP contribution is -2.45. The van der Waals surface area contributed by atoms with Crippen LogP contribution in [0.4, 0.5) is 4.39 Å². The number of rotatable bonds is 2. The van der Waals surface area contributed by atoms with Gasteiger partial charge in [0.2, 0.25) is 0 Å². The van der Waals surface area contributed by atoms with Crippen LogP contribution in [0.25, 0.3) is 0 Å². The Labute approximate surface area is 142 Å². The molecular formula is C15H13ClFNO3S2. The molecule has 1 atom stereocenters. The predicted molar refractivity (Wildman–Crippen MR) is 88.2 cm³/mol. The maximum atomic E-state index is 14.0. The van der Waals surface area contributed by atoms with Crippen LogP contribution in [0.5, 0.6) is 0 Å². The summed E-state index contributed by atoms with van der Waals surface area (Å²) in [6.45, 7) is 0.0721. The predicted octanol–water partition coefficient (Wildman–Crippen LogP) is 3.15. The van der Waals surface area contributed by atoms with Gasteiger partial charge in [-0.1, -0.05) is 23.7 Å². The van der Waals surface area contributed by atoms with Crippen LogP contribution >= 0.6 is 22.9 Å². The van der Waals surface area contributed by atoms with Gasteiger partial charge in [0, 0.05) is 18.0 Å². The van der Waals surface area contributed by atoms with Gasteiger partial charge < -0.3 is 4.90 Å². The van der Waals surface area contributed by atoms with Gasteiger partial charge in [0.15, 0.2) is 15.7 Å². The zero-order valence-corrected chi connectivity index (χ0v) is 14.3. The molecule has 0 bridgehead atoms. The van der Waals surface area contributed by atoms with Crippen molar-refractivity contribution >= 4 is 38.7 Å². The van der Waals surface area contributed by atoms with Gasteiger partial charge in [-0.05, 0) is 23.6 Å². The number of nitrogens with zero attached hydrogens (tertiary/aromatic N) is 1. The van der Waals surface area contributed by atoms with Crippen molar-refractivity contribution in [2.75, 3.05) is 18.8 Å². The summed E-state index contributed by atoms with van der Waals surface area (Å²) in [6, 6.07) is 7.72. The van der Waals surface area contributed by atoms with Crippen LogP contribution < -0.4 is 0 Å². The van der Waals surface area contributed by atoms with E-state index in [1.54, 1.807) is 17.5 Å². The fraction of sp³-hybridized carbons (Fsp3) is 0.267. The van der Waals surface area contributed by atoms with E-state index in [2.05, 4.69) is 0 Å². The zero-order valence-electron chi connectivity index (χ0n) is 11.9. The topological polar surface area (TPSA) is 54.5 Å². The number of amides is 1. The Morgan fingerprint density at radius 3 is 2.78 bits per heavy atom. The minimum absolute atomic E-state index is 0.0215. The van der Waals surface area contributed by atoms with E-state index >= 15 is 0 Å². The number of hydrogen-bond donors (Lipinski definition) is 0. The van der Waals surface area contributed by atoms with Crippen molar-refractivity contribution in [3.05, 3.63) is 57.0 Å². The summed E-state index contributed by atoms with van der Waals surface area (Å²) in [5, 5.41) is 0.903. The van der Waals surface area contributed by atoms with Gasteiger partial charge in [-0.25, -0.2) is 12.8 Å². The number of thiophene rings is 1. The zero-order chi connectivity index (χ0) is 16.6. The lowest BCUT2D eigenvalue weighted by molar-refractivity contribution is 0.0754. The minimum atomic E-state index is -3.32. The first kappa shape index (κ1) is 16.4. The lowest BCUT2D eigenvalue weighted by atomic mass is 10.1. The quantitative estimate of drug-likeness (QED) is 0.812. The molecule has 0 aliphatic carbocycles. The Morgan fingerprint density at radius 2 is 2.09 bits per heavy atom. The van der Waals surface area contributed by atoms with E-state index in [1.807, 2.05) is 0 Å². The molecule has 1 aromatic carbocycles. The molecule has 3 rings (SSSR count). The van der Waals surface area contributed by atoms with Crippen molar-refractivity contribution in [3.8, 4) is 0 Å². The highest BCUT2D eigenvalue weighted by atomic mass is 35.5. The second-order valence-corrected chi connectivity index (χ2v) is 8.91. The monoisotopic (exact) mass is 373 g/mol. The van der Waals surface area contributed by atoms with Gasteiger partial charge in [0.05, 0.1) is 16.3 Å². The molecule has 1 aliphatic heterocycles. The molecule has 1 fully saturated rings. The van der Waals surface area contributed by atoms with E-state index in [0.29, 0.717) is 4.88 Å². The summed E-state index contributed by atoms with van der Waals surface area (Å²) in [5.41, 5.74) is -0.137. The normalized spacial score (nSPS) is 20.4. The van der Waals surface area contributed by atoms with Crippen LogP contribution in [0, 0.1) is 5.82 Å². The SMILES string of the molecule is O=C(c1cccc(Cl)c1F)N1CCS(=O)(=O)[C@@H](c2cccs2)C1. The maximum Gasteiger partial charge on any atom is 0.256 e. The Hall–Kier alpha value is -1.44. The molecule has 0 spiro atoms. The number of sulfone groups is 1. The molecule has 0 radical (unpaired) electrons. The first-order chi connectivity index (χ1) is 10.9. The van der Waals surface area contributed by atoms with Crippen molar-refractivity contribution in [1.29, 1.82) is 0 Å². The molecule has 0 unspecified atom stereocenters. The standard InChI is InChI=1S/C15H13ClFNO3S2/c16-11-4-1-3-10(14(11)17)15(19)18-6-8-23(20,21)13(9-18)12-5-2-7-22-12/h1-5,7,13H,6,8-9H2/t13-/m1/s1. The highest BCUT2D eigenvalue weighted by Crippen LogP contribution is 2.32.